The van der Waals surface area contributed by atoms with E-state index in [2.05, 4.69) is 23.4 Å². The van der Waals surface area contributed by atoms with Crippen molar-refractivity contribution >= 4 is 5.82 Å². The summed E-state index contributed by atoms with van der Waals surface area (Å²) in [5.41, 5.74) is 7.14. The van der Waals surface area contributed by atoms with Gasteiger partial charge in [0.05, 0.1) is 5.69 Å². The fraction of sp³-hybridized carbons (Fsp3) is 0.727. The van der Waals surface area contributed by atoms with Gasteiger partial charge in [-0.3, -0.25) is 0 Å². The largest absolute Gasteiger partial charge is 0.384 e. The number of aromatic nitrogens is 2. The number of hydrogen-bond acceptors (Lipinski definition) is 2. The van der Waals surface area contributed by atoms with Crippen LogP contribution in [0.3, 0.4) is 0 Å². The minimum absolute atomic E-state index is 0.480. The molecule has 0 radical (unpaired) electrons. The Bertz CT molecular complexity index is 337. The van der Waals surface area contributed by atoms with Crippen LogP contribution in [0.15, 0.2) is 0 Å². The van der Waals surface area contributed by atoms with Gasteiger partial charge in [0, 0.05) is 18.9 Å². The number of imidazole rings is 1. The molecule has 1 aromatic rings. The molecule has 0 aromatic carbocycles. The van der Waals surface area contributed by atoms with Crippen molar-refractivity contribution in [3.05, 3.63) is 11.5 Å². The fourth-order valence-corrected chi connectivity index (χ4v) is 1.81. The maximum atomic E-state index is 6.05. The van der Waals surface area contributed by atoms with E-state index in [1.54, 1.807) is 0 Å². The van der Waals surface area contributed by atoms with E-state index in [0.29, 0.717) is 11.8 Å². The number of nitrogens with zero attached hydrogens (tertiary/aromatic N) is 2. The number of nitrogen functional groups attached to an aromatic ring is 1. The van der Waals surface area contributed by atoms with E-state index >= 15 is 0 Å². The summed E-state index contributed by atoms with van der Waals surface area (Å²) in [5, 5.41) is 0. The van der Waals surface area contributed by atoms with Crippen molar-refractivity contribution in [2.45, 2.75) is 44.9 Å². The van der Waals surface area contributed by atoms with Crippen LogP contribution in [0.2, 0.25) is 0 Å². The van der Waals surface area contributed by atoms with Gasteiger partial charge in [-0.25, -0.2) is 4.98 Å². The molecule has 1 aliphatic carbocycles. The minimum Gasteiger partial charge on any atom is -0.384 e. The normalized spacial score (nSPS) is 18.5. The van der Waals surface area contributed by atoms with Gasteiger partial charge in [-0.05, 0) is 19.3 Å². The molecular weight excluding hydrogens is 174 g/mol. The highest BCUT2D eigenvalue weighted by atomic mass is 15.1. The fourth-order valence-electron chi connectivity index (χ4n) is 1.81. The van der Waals surface area contributed by atoms with E-state index in [-0.39, 0.29) is 0 Å². The van der Waals surface area contributed by atoms with Crippen LogP contribution >= 0.6 is 0 Å². The van der Waals surface area contributed by atoms with Crippen LogP contribution in [0.5, 0.6) is 0 Å². The highest BCUT2D eigenvalue weighted by molar-refractivity contribution is 5.41. The molecule has 14 heavy (non-hydrogen) atoms. The second-order valence-corrected chi connectivity index (χ2v) is 4.38. The van der Waals surface area contributed by atoms with E-state index in [1.807, 2.05) is 7.05 Å². The number of nitrogens with two attached hydrogens (primary N) is 1. The first-order valence-electron chi connectivity index (χ1n) is 5.47. The van der Waals surface area contributed by atoms with Crippen molar-refractivity contribution in [1.82, 2.24) is 9.55 Å². The quantitative estimate of drug-likeness (QED) is 0.801. The average molecular weight is 193 g/mol. The lowest BCUT2D eigenvalue weighted by Gasteiger charge is -2.05. The molecule has 1 aromatic heterocycles. The van der Waals surface area contributed by atoms with Gasteiger partial charge in [0.15, 0.2) is 0 Å². The second-order valence-electron chi connectivity index (χ2n) is 4.38. The molecule has 2 N–H and O–H groups in total. The van der Waals surface area contributed by atoms with E-state index in [0.717, 1.165) is 17.9 Å². The van der Waals surface area contributed by atoms with Gasteiger partial charge in [0.1, 0.15) is 11.6 Å². The second kappa shape index (κ2) is 3.30. The van der Waals surface area contributed by atoms with Gasteiger partial charge in [0.25, 0.3) is 0 Å². The van der Waals surface area contributed by atoms with Gasteiger partial charge in [-0.15, -0.1) is 0 Å². The zero-order valence-electron chi connectivity index (χ0n) is 9.25. The summed E-state index contributed by atoms with van der Waals surface area (Å²) in [5.74, 6) is 3.22. The van der Waals surface area contributed by atoms with Crippen LogP contribution in [0, 0.1) is 0 Å². The van der Waals surface area contributed by atoms with E-state index < -0.39 is 0 Å². The lowest BCUT2D eigenvalue weighted by Crippen LogP contribution is -2.02. The molecule has 2 rings (SSSR count). The average Bonchev–Trinajstić information content (AvgIpc) is 2.97. The van der Waals surface area contributed by atoms with Gasteiger partial charge in [0.2, 0.25) is 0 Å². The Balaban J connectivity index is 2.36. The predicted octanol–water partition coefficient (Wildman–Crippen LogP) is 2.39. The van der Waals surface area contributed by atoms with Gasteiger partial charge in [-0.2, -0.15) is 0 Å². The lowest BCUT2D eigenvalue weighted by molar-refractivity contribution is 0.711. The smallest absolute Gasteiger partial charge is 0.126 e. The van der Waals surface area contributed by atoms with Gasteiger partial charge in [-0.1, -0.05) is 13.8 Å². The van der Waals surface area contributed by atoms with Gasteiger partial charge < -0.3 is 10.3 Å². The first-order chi connectivity index (χ1) is 6.65. The van der Waals surface area contributed by atoms with Crippen molar-refractivity contribution in [3.8, 4) is 0 Å². The molecule has 1 unspecified atom stereocenters. The van der Waals surface area contributed by atoms with Crippen molar-refractivity contribution in [3.63, 3.8) is 0 Å². The van der Waals surface area contributed by atoms with E-state index in [4.69, 9.17) is 5.73 Å². The Kier molecular flexibility index (Phi) is 2.25. The standard InChI is InChI=1S/C11H19N3/c1-4-7(2)9-10(12)14(3)11(13-9)8-5-6-8/h7-8H,4-6,12H2,1-3H3. The van der Waals surface area contributed by atoms with Crippen LogP contribution in [0.25, 0.3) is 0 Å². The highest BCUT2D eigenvalue weighted by Gasteiger charge is 2.30. The SMILES string of the molecule is CCC(C)c1nc(C2CC2)n(C)c1N. The van der Waals surface area contributed by atoms with Crippen molar-refractivity contribution in [1.29, 1.82) is 0 Å². The molecule has 1 saturated carbocycles. The lowest BCUT2D eigenvalue weighted by atomic mass is 10.1. The third kappa shape index (κ3) is 1.41. The summed E-state index contributed by atoms with van der Waals surface area (Å²) in [7, 11) is 2.03. The predicted molar refractivity (Wildman–Crippen MR) is 58.3 cm³/mol. The molecule has 3 heteroatoms. The Hall–Kier alpha value is -0.990. The first-order valence-corrected chi connectivity index (χ1v) is 5.47. The zero-order valence-corrected chi connectivity index (χ0v) is 9.25. The van der Waals surface area contributed by atoms with Crippen LogP contribution in [-0.4, -0.2) is 9.55 Å². The summed E-state index contributed by atoms with van der Waals surface area (Å²) in [6.45, 7) is 4.37. The molecule has 3 nitrogen and oxygen atoms in total. The third-order valence-electron chi connectivity index (χ3n) is 3.22. The molecule has 0 bridgehead atoms. The van der Waals surface area contributed by atoms with E-state index in [1.165, 1.54) is 18.7 Å². The van der Waals surface area contributed by atoms with Crippen molar-refractivity contribution < 1.29 is 0 Å². The molecule has 0 amide bonds. The molecule has 1 aliphatic rings. The summed E-state index contributed by atoms with van der Waals surface area (Å²) in [4.78, 5) is 4.68. The molecule has 1 fully saturated rings. The maximum absolute atomic E-state index is 6.05. The van der Waals surface area contributed by atoms with Crippen LogP contribution in [0.4, 0.5) is 5.82 Å². The van der Waals surface area contributed by atoms with E-state index in [9.17, 15) is 0 Å². The Morgan fingerprint density at radius 3 is 2.71 bits per heavy atom. The molecule has 78 valence electrons. The van der Waals surface area contributed by atoms with Gasteiger partial charge >= 0.3 is 0 Å². The molecular formula is C11H19N3. The monoisotopic (exact) mass is 193 g/mol. The minimum atomic E-state index is 0.480. The summed E-state index contributed by atoms with van der Waals surface area (Å²) < 4.78 is 2.07. The third-order valence-corrected chi connectivity index (χ3v) is 3.22. The van der Waals surface area contributed by atoms with Crippen molar-refractivity contribution in [2.75, 3.05) is 5.73 Å². The topological polar surface area (TPSA) is 43.8 Å². The Morgan fingerprint density at radius 1 is 1.57 bits per heavy atom. The van der Waals surface area contributed by atoms with Crippen LogP contribution in [-0.2, 0) is 7.05 Å². The number of rotatable bonds is 3. The van der Waals surface area contributed by atoms with Crippen LogP contribution < -0.4 is 5.73 Å². The van der Waals surface area contributed by atoms with Crippen LogP contribution in [0.1, 0.15) is 56.5 Å². The number of anilines is 1. The molecule has 0 spiro atoms. The number of hydrogen-bond donors (Lipinski definition) is 1. The summed E-state index contributed by atoms with van der Waals surface area (Å²) in [6, 6.07) is 0. The Labute approximate surface area is 85.3 Å². The Morgan fingerprint density at radius 2 is 2.21 bits per heavy atom. The maximum Gasteiger partial charge on any atom is 0.126 e. The first kappa shape index (κ1) is 9.56. The zero-order chi connectivity index (χ0) is 10.3. The molecule has 0 aliphatic heterocycles. The summed E-state index contributed by atoms with van der Waals surface area (Å²) >= 11 is 0. The summed E-state index contributed by atoms with van der Waals surface area (Å²) in [6.07, 6.45) is 3.67. The molecule has 1 atom stereocenters. The molecule has 1 heterocycles. The molecule has 0 saturated heterocycles. The highest BCUT2D eigenvalue weighted by Crippen LogP contribution is 2.41. The van der Waals surface area contributed by atoms with Crippen molar-refractivity contribution in [2.24, 2.45) is 7.05 Å².